The van der Waals surface area contributed by atoms with Crippen LogP contribution in [0.4, 0.5) is 0 Å². The molecular weight excluding hydrogens is 230 g/mol. The Kier molecular flexibility index (Phi) is 3.61. The fraction of sp³-hybridized carbons (Fsp3) is 0.846. The van der Waals surface area contributed by atoms with Crippen molar-refractivity contribution in [2.75, 3.05) is 6.54 Å². The Balaban J connectivity index is 1.87. The maximum absolute atomic E-state index is 12.0. The minimum Gasteiger partial charge on any atom is -0.349 e. The third-order valence-electron chi connectivity index (χ3n) is 3.77. The van der Waals surface area contributed by atoms with Gasteiger partial charge in [-0.2, -0.15) is 0 Å². The van der Waals surface area contributed by atoms with Crippen LogP contribution >= 0.6 is 0 Å². The second-order valence-electron chi connectivity index (χ2n) is 5.82. The highest BCUT2D eigenvalue weighted by atomic mass is 16.2. The number of nitrogens with one attached hydrogen (secondary N) is 1. The van der Waals surface area contributed by atoms with Crippen molar-refractivity contribution in [3.8, 4) is 0 Å². The fourth-order valence-electron chi connectivity index (χ4n) is 2.55. The van der Waals surface area contributed by atoms with Gasteiger partial charge >= 0.3 is 0 Å². The van der Waals surface area contributed by atoms with E-state index in [1.165, 1.54) is 0 Å². The molecule has 1 aliphatic carbocycles. The van der Waals surface area contributed by atoms with Gasteiger partial charge in [-0.25, -0.2) is 0 Å². The molecule has 1 saturated carbocycles. The summed E-state index contributed by atoms with van der Waals surface area (Å²) in [6, 6.07) is 0.365. The molecule has 2 amide bonds. The van der Waals surface area contributed by atoms with Crippen molar-refractivity contribution in [2.45, 2.75) is 63.6 Å². The zero-order valence-corrected chi connectivity index (χ0v) is 11.2. The molecule has 1 aliphatic heterocycles. The lowest BCUT2D eigenvalue weighted by molar-refractivity contribution is -0.128. The van der Waals surface area contributed by atoms with Crippen LogP contribution in [0, 0.1) is 0 Å². The van der Waals surface area contributed by atoms with Crippen LogP contribution in [0.5, 0.6) is 0 Å². The predicted octanol–water partition coefficient (Wildman–Crippen LogP) is 0.383. The zero-order chi connectivity index (χ0) is 13.3. The van der Waals surface area contributed by atoms with Gasteiger partial charge in [0.25, 0.3) is 0 Å². The van der Waals surface area contributed by atoms with E-state index < -0.39 is 5.54 Å². The van der Waals surface area contributed by atoms with Crippen molar-refractivity contribution < 1.29 is 9.59 Å². The van der Waals surface area contributed by atoms with Crippen LogP contribution in [0.1, 0.15) is 46.0 Å². The third kappa shape index (κ3) is 2.83. The highest BCUT2D eigenvalue weighted by Gasteiger charge is 2.40. The Morgan fingerprint density at radius 1 is 1.56 bits per heavy atom. The first-order chi connectivity index (χ1) is 8.44. The molecule has 2 unspecified atom stereocenters. The maximum atomic E-state index is 12.0. The van der Waals surface area contributed by atoms with E-state index in [0.717, 1.165) is 19.3 Å². The van der Waals surface area contributed by atoms with Crippen LogP contribution in [-0.2, 0) is 9.59 Å². The first kappa shape index (κ1) is 13.3. The number of nitrogens with zero attached hydrogens (tertiary/aromatic N) is 1. The second kappa shape index (κ2) is 4.88. The number of rotatable bonds is 5. The van der Waals surface area contributed by atoms with Gasteiger partial charge in [-0.15, -0.1) is 0 Å². The summed E-state index contributed by atoms with van der Waals surface area (Å²) >= 11 is 0. The van der Waals surface area contributed by atoms with Crippen LogP contribution < -0.4 is 11.1 Å². The number of nitrogens with two attached hydrogens (primary N) is 1. The first-order valence-electron chi connectivity index (χ1n) is 6.83. The highest BCUT2D eigenvalue weighted by molar-refractivity contribution is 5.87. The predicted molar refractivity (Wildman–Crippen MR) is 68.8 cm³/mol. The Morgan fingerprint density at radius 2 is 2.22 bits per heavy atom. The topological polar surface area (TPSA) is 75.4 Å². The van der Waals surface area contributed by atoms with E-state index in [2.05, 4.69) is 5.32 Å². The molecule has 2 rings (SSSR count). The molecule has 0 radical (unpaired) electrons. The van der Waals surface area contributed by atoms with Crippen molar-refractivity contribution in [3.05, 3.63) is 0 Å². The molecule has 0 spiro atoms. The van der Waals surface area contributed by atoms with Crippen molar-refractivity contribution in [2.24, 2.45) is 5.73 Å². The molecule has 0 bridgehead atoms. The van der Waals surface area contributed by atoms with Crippen LogP contribution in [0.2, 0.25) is 0 Å². The average molecular weight is 253 g/mol. The van der Waals surface area contributed by atoms with Crippen molar-refractivity contribution in [1.29, 1.82) is 0 Å². The van der Waals surface area contributed by atoms with E-state index in [0.29, 0.717) is 25.4 Å². The molecule has 2 atom stereocenters. The van der Waals surface area contributed by atoms with E-state index >= 15 is 0 Å². The quantitative estimate of drug-likeness (QED) is 0.744. The monoisotopic (exact) mass is 253 g/mol. The van der Waals surface area contributed by atoms with E-state index in [-0.39, 0.29) is 17.9 Å². The van der Waals surface area contributed by atoms with Crippen LogP contribution in [0.3, 0.4) is 0 Å². The summed E-state index contributed by atoms with van der Waals surface area (Å²) in [5.74, 6) is 0.0248. The molecule has 2 fully saturated rings. The first-order valence-corrected chi connectivity index (χ1v) is 6.83. The molecule has 1 heterocycles. The minimum atomic E-state index is -0.829. The van der Waals surface area contributed by atoms with Crippen LogP contribution in [0.25, 0.3) is 0 Å². The van der Waals surface area contributed by atoms with Crippen LogP contribution in [0.15, 0.2) is 0 Å². The number of carbonyl (C=O) groups is 2. The summed E-state index contributed by atoms with van der Waals surface area (Å²) in [6.45, 7) is 4.41. The van der Waals surface area contributed by atoms with Gasteiger partial charge in [-0.3, -0.25) is 9.59 Å². The molecule has 5 nitrogen and oxygen atoms in total. The van der Waals surface area contributed by atoms with Crippen molar-refractivity contribution in [1.82, 2.24) is 10.2 Å². The standard InChI is InChI=1S/C13H23N3O2/c1-3-6-13(2,14)12(18)15-9-7-11(17)16(8-9)10-4-5-10/h9-10H,3-8,14H2,1-2H3,(H,15,18). The van der Waals surface area contributed by atoms with Crippen molar-refractivity contribution in [3.63, 3.8) is 0 Å². The second-order valence-corrected chi connectivity index (χ2v) is 5.82. The molecule has 2 aliphatic rings. The Labute approximate surface area is 108 Å². The lowest BCUT2D eigenvalue weighted by Crippen LogP contribution is -2.54. The maximum Gasteiger partial charge on any atom is 0.240 e. The van der Waals surface area contributed by atoms with Gasteiger partial charge in [0.05, 0.1) is 11.6 Å². The Hall–Kier alpha value is -1.10. The zero-order valence-electron chi connectivity index (χ0n) is 11.2. The lowest BCUT2D eigenvalue weighted by atomic mass is 9.96. The van der Waals surface area contributed by atoms with E-state index in [9.17, 15) is 9.59 Å². The summed E-state index contributed by atoms with van der Waals surface area (Å²) < 4.78 is 0. The summed E-state index contributed by atoms with van der Waals surface area (Å²) in [6.07, 6.45) is 4.17. The Morgan fingerprint density at radius 3 is 2.78 bits per heavy atom. The smallest absolute Gasteiger partial charge is 0.240 e. The molecule has 102 valence electrons. The van der Waals surface area contributed by atoms with Gasteiger partial charge in [0.15, 0.2) is 0 Å². The molecule has 0 aromatic heterocycles. The lowest BCUT2D eigenvalue weighted by Gasteiger charge is -2.25. The van der Waals surface area contributed by atoms with Gasteiger partial charge in [-0.05, 0) is 26.2 Å². The number of amides is 2. The van der Waals surface area contributed by atoms with E-state index in [4.69, 9.17) is 5.73 Å². The Bertz CT molecular complexity index is 350. The summed E-state index contributed by atoms with van der Waals surface area (Å²) in [5, 5.41) is 2.92. The number of likely N-dealkylation sites (tertiary alicyclic amines) is 1. The molecule has 0 aromatic rings. The molecule has 1 saturated heterocycles. The van der Waals surface area contributed by atoms with Gasteiger partial charge in [0.1, 0.15) is 0 Å². The minimum absolute atomic E-state index is 0.0645. The van der Waals surface area contributed by atoms with Crippen molar-refractivity contribution >= 4 is 11.8 Å². The summed E-state index contributed by atoms with van der Waals surface area (Å²) in [7, 11) is 0. The summed E-state index contributed by atoms with van der Waals surface area (Å²) in [4.78, 5) is 25.7. The van der Waals surface area contributed by atoms with Gasteiger partial charge in [0, 0.05) is 19.0 Å². The molecule has 5 heteroatoms. The molecule has 18 heavy (non-hydrogen) atoms. The van der Waals surface area contributed by atoms with Gasteiger partial charge in [-0.1, -0.05) is 13.3 Å². The van der Waals surface area contributed by atoms with Gasteiger partial charge < -0.3 is 16.0 Å². The van der Waals surface area contributed by atoms with Gasteiger partial charge in [0.2, 0.25) is 11.8 Å². The SMILES string of the molecule is CCCC(C)(N)C(=O)NC1CC(=O)N(C2CC2)C1. The highest BCUT2D eigenvalue weighted by Crippen LogP contribution is 2.30. The fourth-order valence-corrected chi connectivity index (χ4v) is 2.55. The largest absolute Gasteiger partial charge is 0.349 e. The normalized spacial score (nSPS) is 27.2. The molecular formula is C13H23N3O2. The van der Waals surface area contributed by atoms with E-state index in [1.807, 2.05) is 11.8 Å². The number of hydrogen-bond donors (Lipinski definition) is 2. The number of carbonyl (C=O) groups excluding carboxylic acids is 2. The number of hydrogen-bond acceptors (Lipinski definition) is 3. The average Bonchev–Trinajstić information content (AvgIpc) is 3.04. The molecule has 0 aromatic carbocycles. The third-order valence-corrected chi connectivity index (χ3v) is 3.77. The van der Waals surface area contributed by atoms with E-state index in [1.54, 1.807) is 6.92 Å². The van der Waals surface area contributed by atoms with Crippen LogP contribution in [-0.4, -0.2) is 40.9 Å². The summed E-state index contributed by atoms with van der Waals surface area (Å²) in [5.41, 5.74) is 5.15. The molecule has 3 N–H and O–H groups in total.